The summed E-state index contributed by atoms with van der Waals surface area (Å²) in [5, 5.41) is 10.8. The second kappa shape index (κ2) is 7.23. The second-order valence-corrected chi connectivity index (χ2v) is 2.53. The van der Waals surface area contributed by atoms with Gasteiger partial charge in [0.1, 0.15) is 0 Å². The van der Waals surface area contributed by atoms with E-state index < -0.39 is 11.9 Å². The molecule has 0 spiro atoms. The molecule has 1 radical (unpaired) electrons. The Morgan fingerprint density at radius 3 is 2.27 bits per heavy atom. The molecule has 1 rings (SSSR count). The number of carboxylic acid groups (broad SMARTS) is 1. The number of carbonyl (C=O) groups excluding carboxylic acids is 1. The number of rotatable bonds is 3. The summed E-state index contributed by atoms with van der Waals surface area (Å²) in [4.78, 5) is 21.1. The van der Waals surface area contributed by atoms with Gasteiger partial charge in [0.15, 0.2) is 0 Å². The maximum atomic E-state index is 11.1. The Balaban J connectivity index is 0.00000196. The van der Waals surface area contributed by atoms with Crippen LogP contribution in [-0.4, -0.2) is 46.5 Å². The maximum absolute atomic E-state index is 11.1. The standard InChI is InChI=1S/C10H9NO3.Na/c12-9(6-7-10(13)14)11-8-4-2-1-3-5-8;/h1-7H,(H,11,12)(H,13,14);/b7-6-;. The molecule has 0 unspecified atom stereocenters. The van der Waals surface area contributed by atoms with Crippen LogP contribution in [0.1, 0.15) is 0 Å². The second-order valence-electron chi connectivity index (χ2n) is 2.53. The Bertz CT molecular complexity index is 362. The van der Waals surface area contributed by atoms with Crippen LogP contribution in [0.4, 0.5) is 5.69 Å². The van der Waals surface area contributed by atoms with Gasteiger partial charge < -0.3 is 10.4 Å². The quantitative estimate of drug-likeness (QED) is 0.580. The molecule has 1 aromatic carbocycles. The van der Waals surface area contributed by atoms with E-state index in [-0.39, 0.29) is 29.6 Å². The van der Waals surface area contributed by atoms with Crippen LogP contribution < -0.4 is 5.32 Å². The van der Waals surface area contributed by atoms with Crippen molar-refractivity contribution in [2.24, 2.45) is 0 Å². The first-order valence-corrected chi connectivity index (χ1v) is 3.95. The van der Waals surface area contributed by atoms with Gasteiger partial charge in [0, 0.05) is 47.4 Å². The van der Waals surface area contributed by atoms with E-state index in [1.807, 2.05) is 6.07 Å². The monoisotopic (exact) mass is 214 g/mol. The average molecular weight is 214 g/mol. The number of anilines is 1. The van der Waals surface area contributed by atoms with Crippen LogP contribution in [0, 0.1) is 0 Å². The largest absolute Gasteiger partial charge is 0.478 e. The number of benzene rings is 1. The normalized spacial score (nSPS) is 9.33. The fraction of sp³-hybridized carbons (Fsp3) is 0. The molecule has 0 heterocycles. The predicted molar refractivity (Wildman–Crippen MR) is 57.6 cm³/mol. The predicted octanol–water partition coefficient (Wildman–Crippen LogP) is 0.885. The Morgan fingerprint density at radius 1 is 1.13 bits per heavy atom. The summed E-state index contributed by atoms with van der Waals surface area (Å²) in [6.45, 7) is 0. The zero-order valence-corrected chi connectivity index (χ0v) is 10.3. The van der Waals surface area contributed by atoms with Crippen molar-refractivity contribution in [3.05, 3.63) is 42.5 Å². The molecule has 0 aliphatic carbocycles. The first kappa shape index (κ1) is 13.9. The van der Waals surface area contributed by atoms with Gasteiger partial charge in [0.25, 0.3) is 0 Å². The van der Waals surface area contributed by atoms with Crippen molar-refractivity contribution in [2.45, 2.75) is 0 Å². The van der Waals surface area contributed by atoms with Crippen molar-refractivity contribution >= 4 is 47.1 Å². The van der Waals surface area contributed by atoms with Crippen LogP contribution >= 0.6 is 0 Å². The molecule has 0 saturated carbocycles. The zero-order chi connectivity index (χ0) is 10.4. The number of para-hydroxylation sites is 1. The van der Waals surface area contributed by atoms with Crippen LogP contribution in [0.25, 0.3) is 0 Å². The van der Waals surface area contributed by atoms with Crippen LogP contribution in [0.15, 0.2) is 42.5 Å². The van der Waals surface area contributed by atoms with E-state index in [0.717, 1.165) is 12.2 Å². The number of carbonyl (C=O) groups is 2. The number of nitrogens with one attached hydrogen (secondary N) is 1. The summed E-state index contributed by atoms with van der Waals surface area (Å²) in [7, 11) is 0. The average Bonchev–Trinajstić information content (AvgIpc) is 2.16. The van der Waals surface area contributed by atoms with Gasteiger partial charge in [-0.3, -0.25) is 4.79 Å². The van der Waals surface area contributed by atoms with Crippen molar-refractivity contribution in [3.8, 4) is 0 Å². The van der Waals surface area contributed by atoms with Crippen molar-refractivity contribution in [2.75, 3.05) is 5.32 Å². The number of carboxylic acids is 1. The van der Waals surface area contributed by atoms with Gasteiger partial charge >= 0.3 is 5.97 Å². The molecule has 0 atom stereocenters. The van der Waals surface area contributed by atoms with Gasteiger partial charge in [-0.1, -0.05) is 18.2 Å². The van der Waals surface area contributed by atoms with Gasteiger partial charge in [0.2, 0.25) is 5.91 Å². The van der Waals surface area contributed by atoms with E-state index >= 15 is 0 Å². The van der Waals surface area contributed by atoms with Gasteiger partial charge in [-0.2, -0.15) is 0 Å². The SMILES string of the molecule is O=C(O)/C=C\C(=O)Nc1ccccc1.[Na]. The summed E-state index contributed by atoms with van der Waals surface area (Å²) >= 11 is 0. The minimum atomic E-state index is -1.15. The summed E-state index contributed by atoms with van der Waals surface area (Å²) in [6.07, 6.45) is 1.76. The van der Waals surface area contributed by atoms with Crippen LogP contribution in [0.3, 0.4) is 0 Å². The molecule has 4 nitrogen and oxygen atoms in total. The van der Waals surface area contributed by atoms with E-state index in [0.29, 0.717) is 5.69 Å². The molecule has 1 aromatic rings. The number of hydrogen-bond donors (Lipinski definition) is 2. The van der Waals surface area contributed by atoms with E-state index in [4.69, 9.17) is 5.11 Å². The summed E-state index contributed by atoms with van der Waals surface area (Å²) < 4.78 is 0. The van der Waals surface area contributed by atoms with Crippen molar-refractivity contribution in [3.63, 3.8) is 0 Å². The van der Waals surface area contributed by atoms with E-state index in [2.05, 4.69) is 5.32 Å². The first-order chi connectivity index (χ1) is 6.68. The summed E-state index contributed by atoms with van der Waals surface area (Å²) in [5.41, 5.74) is 0.632. The molecule has 2 N–H and O–H groups in total. The third-order valence-electron chi connectivity index (χ3n) is 1.42. The summed E-state index contributed by atoms with van der Waals surface area (Å²) in [6, 6.07) is 8.80. The minimum absolute atomic E-state index is 0. The Hall–Kier alpha value is -1.10. The fourth-order valence-corrected chi connectivity index (χ4v) is 0.852. The fourth-order valence-electron chi connectivity index (χ4n) is 0.852. The molecule has 0 aromatic heterocycles. The summed E-state index contributed by atoms with van der Waals surface area (Å²) in [5.74, 6) is -1.60. The zero-order valence-electron chi connectivity index (χ0n) is 8.31. The molecule has 5 heteroatoms. The van der Waals surface area contributed by atoms with Crippen molar-refractivity contribution in [1.29, 1.82) is 0 Å². The molecular weight excluding hydrogens is 205 g/mol. The van der Waals surface area contributed by atoms with Crippen LogP contribution in [-0.2, 0) is 9.59 Å². The molecule has 0 aliphatic heterocycles. The van der Waals surface area contributed by atoms with Crippen LogP contribution in [0.2, 0.25) is 0 Å². The Labute approximate surface area is 109 Å². The Kier molecular flexibility index (Phi) is 6.70. The third kappa shape index (κ3) is 6.06. The smallest absolute Gasteiger partial charge is 0.328 e. The van der Waals surface area contributed by atoms with Crippen LogP contribution in [0.5, 0.6) is 0 Å². The van der Waals surface area contributed by atoms with Gasteiger partial charge in [0.05, 0.1) is 0 Å². The third-order valence-corrected chi connectivity index (χ3v) is 1.42. The number of amides is 1. The Morgan fingerprint density at radius 2 is 1.73 bits per heavy atom. The molecule has 73 valence electrons. The van der Waals surface area contributed by atoms with Crippen molar-refractivity contribution in [1.82, 2.24) is 0 Å². The topological polar surface area (TPSA) is 66.4 Å². The molecule has 0 aliphatic rings. The van der Waals surface area contributed by atoms with E-state index in [1.54, 1.807) is 24.3 Å². The van der Waals surface area contributed by atoms with E-state index in [1.165, 1.54) is 0 Å². The molecular formula is C10H9NNaO3. The molecule has 15 heavy (non-hydrogen) atoms. The van der Waals surface area contributed by atoms with Gasteiger partial charge in [-0.15, -0.1) is 0 Å². The van der Waals surface area contributed by atoms with Gasteiger partial charge in [-0.25, -0.2) is 4.79 Å². The molecule has 1 amide bonds. The maximum Gasteiger partial charge on any atom is 0.328 e. The molecule has 0 saturated heterocycles. The minimum Gasteiger partial charge on any atom is -0.478 e. The molecule has 0 bridgehead atoms. The van der Waals surface area contributed by atoms with Crippen molar-refractivity contribution < 1.29 is 14.7 Å². The first-order valence-electron chi connectivity index (χ1n) is 3.95. The number of hydrogen-bond acceptors (Lipinski definition) is 2. The molecule has 0 fully saturated rings. The van der Waals surface area contributed by atoms with Gasteiger partial charge in [-0.05, 0) is 12.1 Å². The van der Waals surface area contributed by atoms with E-state index in [9.17, 15) is 9.59 Å². The number of aliphatic carboxylic acids is 1.